The van der Waals surface area contributed by atoms with E-state index in [9.17, 15) is 8.78 Å². The van der Waals surface area contributed by atoms with Crippen molar-refractivity contribution in [1.29, 1.82) is 0 Å². The highest BCUT2D eigenvalue weighted by Gasteiger charge is 2.58. The number of rotatable bonds is 2. The van der Waals surface area contributed by atoms with Crippen molar-refractivity contribution in [3.05, 3.63) is 11.9 Å². The predicted molar refractivity (Wildman–Crippen MR) is 32.6 cm³/mol. The van der Waals surface area contributed by atoms with E-state index in [-0.39, 0.29) is 12.1 Å². The van der Waals surface area contributed by atoms with Gasteiger partial charge in [-0.1, -0.05) is 0 Å². The molecule has 0 saturated heterocycles. The molecule has 0 aromatic heterocycles. The molecular weight excluding hydrogens is 140 g/mol. The van der Waals surface area contributed by atoms with Gasteiger partial charge in [-0.15, -0.1) is 0 Å². The summed E-state index contributed by atoms with van der Waals surface area (Å²) in [6, 6.07) is 0. The van der Waals surface area contributed by atoms with Gasteiger partial charge < -0.3 is 11.2 Å². The van der Waals surface area contributed by atoms with Crippen LogP contribution in [0, 0.1) is 5.92 Å². The highest BCUT2D eigenvalue weighted by molar-refractivity contribution is 5.16. The fourth-order valence-electron chi connectivity index (χ4n) is 0.772. The fourth-order valence-corrected chi connectivity index (χ4v) is 0.772. The summed E-state index contributed by atoms with van der Waals surface area (Å²) in [5.74, 6) is 1.43. The van der Waals surface area contributed by atoms with E-state index in [1.54, 1.807) is 0 Å². The zero-order chi connectivity index (χ0) is 7.78. The molecule has 0 amide bonds. The van der Waals surface area contributed by atoms with Gasteiger partial charge in [-0.2, -0.15) is 0 Å². The lowest BCUT2D eigenvalue weighted by atomic mass is 10.3. The number of hydrogen-bond acceptors (Lipinski definition) is 3. The number of nitrogens with two attached hydrogens (primary N) is 2. The molecule has 0 aromatic carbocycles. The van der Waals surface area contributed by atoms with E-state index in [1.165, 1.54) is 6.20 Å². The minimum Gasteiger partial charge on any atom is -0.400 e. The summed E-state index contributed by atoms with van der Waals surface area (Å²) in [6.07, 6.45) is 1.03. The topological polar surface area (TPSA) is 64.1 Å². The van der Waals surface area contributed by atoms with Gasteiger partial charge in [0.25, 0.3) is 5.92 Å². The standard InChI is InChI=1S/C5H9F2N3/c6-5(7)1-3(5)4(8)2-10-9/h2-3,10H,1,8-9H2/b4-2-. The Kier molecular flexibility index (Phi) is 1.52. The zero-order valence-corrected chi connectivity index (χ0v) is 5.27. The molecule has 0 aromatic rings. The van der Waals surface area contributed by atoms with Crippen molar-refractivity contribution in [2.24, 2.45) is 17.5 Å². The molecular formula is C5H9F2N3. The molecule has 1 unspecified atom stereocenters. The molecule has 1 rings (SSSR count). The van der Waals surface area contributed by atoms with Gasteiger partial charge in [0, 0.05) is 18.3 Å². The maximum Gasteiger partial charge on any atom is 0.257 e. The second-order valence-corrected chi connectivity index (χ2v) is 2.33. The van der Waals surface area contributed by atoms with Gasteiger partial charge in [-0.3, -0.25) is 5.84 Å². The van der Waals surface area contributed by atoms with Crippen LogP contribution >= 0.6 is 0 Å². The van der Waals surface area contributed by atoms with Crippen LogP contribution in [0.3, 0.4) is 0 Å². The van der Waals surface area contributed by atoms with Crippen molar-refractivity contribution in [3.63, 3.8) is 0 Å². The van der Waals surface area contributed by atoms with Crippen molar-refractivity contribution in [3.8, 4) is 0 Å². The van der Waals surface area contributed by atoms with Crippen LogP contribution in [0.4, 0.5) is 8.78 Å². The third-order valence-electron chi connectivity index (χ3n) is 1.48. The molecule has 0 bridgehead atoms. The number of halogens is 2. The van der Waals surface area contributed by atoms with Crippen molar-refractivity contribution in [1.82, 2.24) is 5.43 Å². The van der Waals surface area contributed by atoms with Crippen molar-refractivity contribution < 1.29 is 8.78 Å². The molecule has 0 spiro atoms. The molecule has 5 heteroatoms. The molecule has 0 heterocycles. The first-order valence-electron chi connectivity index (χ1n) is 2.87. The molecule has 5 N–H and O–H groups in total. The summed E-state index contributed by atoms with van der Waals surface area (Å²) >= 11 is 0. The van der Waals surface area contributed by atoms with Crippen molar-refractivity contribution in [2.45, 2.75) is 12.3 Å². The third kappa shape index (κ3) is 1.18. The Morgan fingerprint density at radius 3 is 2.50 bits per heavy atom. The van der Waals surface area contributed by atoms with Crippen LogP contribution in [0.5, 0.6) is 0 Å². The quantitative estimate of drug-likeness (QED) is 0.379. The van der Waals surface area contributed by atoms with E-state index in [0.717, 1.165) is 0 Å². The average Bonchev–Trinajstić information content (AvgIpc) is 2.41. The second kappa shape index (κ2) is 2.09. The van der Waals surface area contributed by atoms with Gasteiger partial charge in [-0.25, -0.2) is 8.78 Å². The zero-order valence-electron chi connectivity index (χ0n) is 5.27. The van der Waals surface area contributed by atoms with Crippen LogP contribution < -0.4 is 17.0 Å². The van der Waals surface area contributed by atoms with Gasteiger partial charge >= 0.3 is 0 Å². The SMILES string of the molecule is NN/C=C(\N)C1CC1(F)F. The van der Waals surface area contributed by atoms with Gasteiger partial charge in [0.1, 0.15) is 0 Å². The van der Waals surface area contributed by atoms with E-state index < -0.39 is 11.8 Å². The summed E-state index contributed by atoms with van der Waals surface area (Å²) in [5, 5.41) is 0. The monoisotopic (exact) mass is 149 g/mol. The maximum absolute atomic E-state index is 12.2. The number of allylic oxidation sites excluding steroid dienone is 1. The van der Waals surface area contributed by atoms with Gasteiger partial charge in [0.2, 0.25) is 0 Å². The second-order valence-electron chi connectivity index (χ2n) is 2.33. The van der Waals surface area contributed by atoms with E-state index >= 15 is 0 Å². The molecule has 0 radical (unpaired) electrons. The molecule has 1 aliphatic rings. The Balaban J connectivity index is 2.47. The fraction of sp³-hybridized carbons (Fsp3) is 0.600. The predicted octanol–water partition coefficient (Wildman–Crippen LogP) is -0.0950. The lowest BCUT2D eigenvalue weighted by Gasteiger charge is -1.97. The van der Waals surface area contributed by atoms with E-state index in [1.807, 2.05) is 0 Å². The molecule has 1 fully saturated rings. The largest absolute Gasteiger partial charge is 0.400 e. The summed E-state index contributed by atoms with van der Waals surface area (Å²) in [5.41, 5.74) is 7.43. The first-order chi connectivity index (χ1) is 4.58. The lowest BCUT2D eigenvalue weighted by Crippen LogP contribution is -2.18. The Morgan fingerprint density at radius 1 is 1.70 bits per heavy atom. The normalized spacial score (nSPS) is 29.9. The van der Waals surface area contributed by atoms with Crippen LogP contribution in [0.15, 0.2) is 11.9 Å². The Morgan fingerprint density at radius 2 is 2.20 bits per heavy atom. The molecule has 58 valence electrons. The van der Waals surface area contributed by atoms with Crippen molar-refractivity contribution >= 4 is 0 Å². The maximum atomic E-state index is 12.2. The molecule has 1 aliphatic carbocycles. The molecule has 1 atom stereocenters. The van der Waals surface area contributed by atoms with Crippen LogP contribution in [-0.2, 0) is 0 Å². The minimum atomic E-state index is -2.60. The van der Waals surface area contributed by atoms with Gasteiger partial charge in [0.15, 0.2) is 0 Å². The number of nitrogens with one attached hydrogen (secondary N) is 1. The van der Waals surface area contributed by atoms with E-state index in [2.05, 4.69) is 5.43 Å². The number of hydrazine groups is 1. The Hall–Kier alpha value is -0.840. The first kappa shape index (κ1) is 7.27. The highest BCUT2D eigenvalue weighted by atomic mass is 19.3. The summed E-state index contributed by atoms with van der Waals surface area (Å²) in [7, 11) is 0. The summed E-state index contributed by atoms with van der Waals surface area (Å²) in [4.78, 5) is 0. The van der Waals surface area contributed by atoms with Crippen LogP contribution in [0.25, 0.3) is 0 Å². The van der Waals surface area contributed by atoms with Crippen LogP contribution in [0.1, 0.15) is 6.42 Å². The van der Waals surface area contributed by atoms with E-state index in [0.29, 0.717) is 0 Å². The van der Waals surface area contributed by atoms with Gasteiger partial charge in [-0.05, 0) is 0 Å². The van der Waals surface area contributed by atoms with Gasteiger partial charge in [0.05, 0.1) is 5.92 Å². The van der Waals surface area contributed by atoms with E-state index in [4.69, 9.17) is 11.6 Å². The van der Waals surface area contributed by atoms with Crippen LogP contribution in [0.2, 0.25) is 0 Å². The molecule has 0 aliphatic heterocycles. The smallest absolute Gasteiger partial charge is 0.257 e. The lowest BCUT2D eigenvalue weighted by molar-refractivity contribution is 0.105. The summed E-state index contributed by atoms with van der Waals surface area (Å²) in [6.45, 7) is 0. The molecule has 10 heavy (non-hydrogen) atoms. The molecule has 3 nitrogen and oxygen atoms in total. The van der Waals surface area contributed by atoms with Crippen LogP contribution in [-0.4, -0.2) is 5.92 Å². The highest BCUT2D eigenvalue weighted by Crippen LogP contribution is 2.51. The third-order valence-corrected chi connectivity index (χ3v) is 1.48. The molecule has 1 saturated carbocycles. The average molecular weight is 149 g/mol. The van der Waals surface area contributed by atoms with Crippen molar-refractivity contribution in [2.75, 3.05) is 0 Å². The minimum absolute atomic E-state index is 0.118. The Bertz CT molecular complexity index is 166. The number of hydrogen-bond donors (Lipinski definition) is 3. The Labute approximate surface area is 57.0 Å². The number of alkyl halides is 2. The first-order valence-corrected chi connectivity index (χ1v) is 2.87. The summed E-state index contributed by atoms with van der Waals surface area (Å²) < 4.78 is 24.4.